The number of aryl methyl sites for hydroxylation is 1. The Kier molecular flexibility index (Phi) is 6.71. The summed E-state index contributed by atoms with van der Waals surface area (Å²) in [6.45, 7) is 1.98. The number of nitrogens with one attached hydrogen (secondary N) is 1. The number of para-hydroxylation sites is 1. The van der Waals surface area contributed by atoms with Gasteiger partial charge in [0.2, 0.25) is 5.91 Å². The highest BCUT2D eigenvalue weighted by molar-refractivity contribution is 7.99. The summed E-state index contributed by atoms with van der Waals surface area (Å²) in [4.78, 5) is 36.7. The lowest BCUT2D eigenvalue weighted by Gasteiger charge is -2.13. The van der Waals surface area contributed by atoms with Crippen LogP contribution in [-0.4, -0.2) is 35.6 Å². The molecular weight excluding hydrogens is 476 g/mol. The maximum absolute atomic E-state index is 12.6. The third-order valence-corrected chi connectivity index (χ3v) is 6.40. The molecule has 1 N–H and O–H groups in total. The predicted molar refractivity (Wildman–Crippen MR) is 133 cm³/mol. The molecule has 0 spiro atoms. The average molecular weight is 497 g/mol. The van der Waals surface area contributed by atoms with Crippen LogP contribution in [0.4, 0.5) is 5.82 Å². The molecule has 4 aromatic rings. The molecule has 2 aromatic heterocycles. The number of carbonyl (C=O) groups is 1. The summed E-state index contributed by atoms with van der Waals surface area (Å²) in [6, 6.07) is 16.3. The molecule has 0 unspecified atom stereocenters. The van der Waals surface area contributed by atoms with Gasteiger partial charge in [0.25, 0.3) is 5.56 Å². The third kappa shape index (κ3) is 4.68. The van der Waals surface area contributed by atoms with Gasteiger partial charge in [0, 0.05) is 30.7 Å². The number of hydrogen-bond donors (Lipinski definition) is 1. The van der Waals surface area contributed by atoms with Crippen molar-refractivity contribution in [3.05, 3.63) is 86.0 Å². The first-order chi connectivity index (χ1) is 16.3. The van der Waals surface area contributed by atoms with E-state index >= 15 is 0 Å². The smallest absolute Gasteiger partial charge is 0.311 e. The van der Waals surface area contributed by atoms with Gasteiger partial charge in [0.15, 0.2) is 11.0 Å². The number of halogens is 1. The van der Waals surface area contributed by atoms with E-state index in [0.717, 1.165) is 21.4 Å². The van der Waals surface area contributed by atoms with Crippen LogP contribution in [0.25, 0.3) is 17.1 Å². The zero-order valence-corrected chi connectivity index (χ0v) is 20.2. The number of amides is 1. The lowest BCUT2D eigenvalue weighted by Crippen LogP contribution is -2.38. The van der Waals surface area contributed by atoms with E-state index in [-0.39, 0.29) is 17.5 Å². The maximum Gasteiger partial charge on any atom is 0.332 e. The molecule has 0 aliphatic carbocycles. The van der Waals surface area contributed by atoms with Gasteiger partial charge in [-0.15, -0.1) is 10.2 Å². The Balaban J connectivity index is 1.63. The molecule has 2 heterocycles. The number of nitrogens with zero attached hydrogens (tertiary/aromatic N) is 5. The molecule has 0 saturated carbocycles. The van der Waals surface area contributed by atoms with E-state index in [4.69, 9.17) is 11.6 Å². The van der Waals surface area contributed by atoms with E-state index in [1.165, 1.54) is 36.5 Å². The van der Waals surface area contributed by atoms with Crippen molar-refractivity contribution >= 4 is 35.1 Å². The molecule has 0 atom stereocenters. The fourth-order valence-electron chi connectivity index (χ4n) is 3.34. The average Bonchev–Trinajstić information content (AvgIpc) is 3.24. The molecule has 34 heavy (non-hydrogen) atoms. The zero-order chi connectivity index (χ0) is 24.4. The van der Waals surface area contributed by atoms with E-state index in [0.29, 0.717) is 16.0 Å². The van der Waals surface area contributed by atoms with E-state index in [2.05, 4.69) is 15.5 Å². The quantitative estimate of drug-likeness (QED) is 0.411. The maximum atomic E-state index is 12.6. The number of anilines is 1. The molecule has 0 fully saturated rings. The van der Waals surface area contributed by atoms with Crippen molar-refractivity contribution in [1.82, 2.24) is 23.9 Å². The highest BCUT2D eigenvalue weighted by atomic mass is 35.5. The van der Waals surface area contributed by atoms with Gasteiger partial charge in [-0.1, -0.05) is 41.6 Å². The molecule has 0 bridgehead atoms. The van der Waals surface area contributed by atoms with Crippen molar-refractivity contribution in [1.29, 1.82) is 0 Å². The minimum Gasteiger partial charge on any atom is -0.311 e. The number of rotatable bonds is 6. The largest absolute Gasteiger partial charge is 0.332 e. The Morgan fingerprint density at radius 3 is 2.44 bits per heavy atom. The van der Waals surface area contributed by atoms with Gasteiger partial charge in [0.1, 0.15) is 5.82 Å². The van der Waals surface area contributed by atoms with Crippen molar-refractivity contribution in [3.63, 3.8) is 0 Å². The van der Waals surface area contributed by atoms with Crippen LogP contribution in [0.1, 0.15) is 5.56 Å². The molecular formula is C23H21ClN6O3S. The first-order valence-corrected chi connectivity index (χ1v) is 11.6. The molecule has 1 amide bonds. The van der Waals surface area contributed by atoms with Crippen molar-refractivity contribution in [3.8, 4) is 17.1 Å². The first-order valence-electron chi connectivity index (χ1n) is 10.2. The van der Waals surface area contributed by atoms with Crippen LogP contribution in [0, 0.1) is 6.92 Å². The van der Waals surface area contributed by atoms with E-state index in [9.17, 15) is 14.4 Å². The van der Waals surface area contributed by atoms with Gasteiger partial charge in [-0.2, -0.15) is 0 Å². The Labute approximate surface area is 204 Å². The fraction of sp³-hybridized carbons (Fsp3) is 0.174. The molecule has 9 nitrogen and oxygen atoms in total. The molecule has 11 heteroatoms. The fourth-order valence-corrected chi connectivity index (χ4v) is 4.21. The van der Waals surface area contributed by atoms with Gasteiger partial charge in [0.05, 0.1) is 11.4 Å². The van der Waals surface area contributed by atoms with E-state index in [1.807, 2.05) is 47.9 Å². The summed E-state index contributed by atoms with van der Waals surface area (Å²) in [5, 5.41) is 12.4. The van der Waals surface area contributed by atoms with Gasteiger partial charge in [-0.3, -0.25) is 23.3 Å². The predicted octanol–water partition coefficient (Wildman–Crippen LogP) is 3.02. The van der Waals surface area contributed by atoms with Crippen molar-refractivity contribution in [2.45, 2.75) is 12.1 Å². The molecule has 4 rings (SSSR count). The number of hydrogen-bond acceptors (Lipinski definition) is 6. The van der Waals surface area contributed by atoms with Crippen LogP contribution in [-0.2, 0) is 18.9 Å². The summed E-state index contributed by atoms with van der Waals surface area (Å²) < 4.78 is 4.07. The van der Waals surface area contributed by atoms with E-state index in [1.54, 1.807) is 12.1 Å². The van der Waals surface area contributed by atoms with Gasteiger partial charge in [-0.05, 0) is 42.8 Å². The SMILES string of the molecule is Cc1ccccc1-n1c(SCC(=O)Nc2cc(=O)n(C)c(=O)n2C)nnc1-c1ccc(Cl)cc1. The molecule has 174 valence electrons. The summed E-state index contributed by atoms with van der Waals surface area (Å²) in [5.74, 6) is 0.345. The highest BCUT2D eigenvalue weighted by Gasteiger charge is 2.19. The number of aromatic nitrogens is 5. The van der Waals surface area contributed by atoms with Crippen LogP contribution < -0.4 is 16.6 Å². The molecule has 0 aliphatic rings. The Morgan fingerprint density at radius 2 is 1.74 bits per heavy atom. The Morgan fingerprint density at radius 1 is 1.03 bits per heavy atom. The topological polar surface area (TPSA) is 104 Å². The summed E-state index contributed by atoms with van der Waals surface area (Å²) in [7, 11) is 2.86. The number of benzene rings is 2. The number of thioether (sulfide) groups is 1. The summed E-state index contributed by atoms with van der Waals surface area (Å²) in [6.07, 6.45) is 0. The molecule has 0 saturated heterocycles. The first kappa shape index (κ1) is 23.5. The second-order valence-electron chi connectivity index (χ2n) is 7.54. The highest BCUT2D eigenvalue weighted by Crippen LogP contribution is 2.30. The van der Waals surface area contributed by atoms with Crippen molar-refractivity contribution in [2.75, 3.05) is 11.1 Å². The van der Waals surface area contributed by atoms with Gasteiger partial charge >= 0.3 is 5.69 Å². The van der Waals surface area contributed by atoms with Crippen LogP contribution in [0.3, 0.4) is 0 Å². The van der Waals surface area contributed by atoms with E-state index < -0.39 is 11.2 Å². The minimum atomic E-state index is -0.526. The lowest BCUT2D eigenvalue weighted by molar-refractivity contribution is -0.113. The molecule has 0 radical (unpaired) electrons. The summed E-state index contributed by atoms with van der Waals surface area (Å²) >= 11 is 7.24. The van der Waals surface area contributed by atoms with Crippen LogP contribution in [0.5, 0.6) is 0 Å². The number of carbonyl (C=O) groups excluding carboxylic acids is 1. The monoisotopic (exact) mass is 496 g/mol. The van der Waals surface area contributed by atoms with Crippen molar-refractivity contribution in [2.24, 2.45) is 14.1 Å². The molecule has 2 aromatic carbocycles. The second-order valence-corrected chi connectivity index (χ2v) is 8.92. The van der Waals surface area contributed by atoms with Crippen LogP contribution in [0.2, 0.25) is 5.02 Å². The van der Waals surface area contributed by atoms with Crippen LogP contribution in [0.15, 0.2) is 69.3 Å². The summed E-state index contributed by atoms with van der Waals surface area (Å²) in [5.41, 5.74) is 1.69. The van der Waals surface area contributed by atoms with Crippen molar-refractivity contribution < 1.29 is 4.79 Å². The lowest BCUT2D eigenvalue weighted by atomic mass is 10.1. The third-order valence-electron chi connectivity index (χ3n) is 5.22. The Bertz CT molecular complexity index is 1490. The standard InChI is InChI=1S/C23H21ClN6O3S/c1-14-6-4-5-7-17(14)30-21(15-8-10-16(24)11-9-15)26-27-22(30)34-13-19(31)25-18-12-20(32)29(3)23(33)28(18)2/h4-12H,13H2,1-3H3,(H,25,31). The second kappa shape index (κ2) is 9.70. The molecule has 0 aliphatic heterocycles. The normalized spacial score (nSPS) is 10.9. The zero-order valence-electron chi connectivity index (χ0n) is 18.7. The Hall–Kier alpha value is -3.63. The van der Waals surface area contributed by atoms with Gasteiger partial charge in [-0.25, -0.2) is 4.79 Å². The van der Waals surface area contributed by atoms with Crippen LogP contribution >= 0.6 is 23.4 Å². The minimum absolute atomic E-state index is 0.00592. The van der Waals surface area contributed by atoms with Gasteiger partial charge < -0.3 is 5.32 Å².